The molecule has 0 atom stereocenters. The number of rotatable bonds is 1. The van der Waals surface area contributed by atoms with Gasteiger partial charge in [0, 0.05) is 36.8 Å². The Morgan fingerprint density at radius 3 is 2.64 bits per heavy atom. The summed E-state index contributed by atoms with van der Waals surface area (Å²) in [6, 6.07) is 6.21. The molecule has 1 aromatic carbocycles. The number of anilines is 1. The van der Waals surface area contributed by atoms with Gasteiger partial charge in [0.2, 0.25) is 0 Å². The van der Waals surface area contributed by atoms with Crippen LogP contribution in [0.5, 0.6) is 0 Å². The third-order valence-electron chi connectivity index (χ3n) is 4.25. The summed E-state index contributed by atoms with van der Waals surface area (Å²) in [5.74, 6) is 0.992. The Morgan fingerprint density at radius 2 is 1.86 bits per heavy atom. The van der Waals surface area contributed by atoms with Crippen molar-refractivity contribution >= 4 is 38.4 Å². The molecule has 22 heavy (non-hydrogen) atoms. The summed E-state index contributed by atoms with van der Waals surface area (Å²) in [7, 11) is 2.16. The van der Waals surface area contributed by atoms with Crippen LogP contribution in [0.15, 0.2) is 28.9 Å². The van der Waals surface area contributed by atoms with Gasteiger partial charge in [-0.2, -0.15) is 0 Å². The largest absolute Gasteiger partial charge is 0.351 e. The van der Waals surface area contributed by atoms with Gasteiger partial charge in [0.25, 0.3) is 0 Å². The molecule has 0 amide bonds. The predicted octanol–water partition coefficient (Wildman–Crippen LogP) is 2.71. The lowest BCUT2D eigenvalue weighted by Crippen LogP contribution is -2.45. The topological polar surface area (TPSA) is 36.7 Å². The van der Waals surface area contributed by atoms with Crippen molar-refractivity contribution in [3.8, 4) is 0 Å². The Labute approximate surface area is 137 Å². The van der Waals surface area contributed by atoms with Gasteiger partial charge in [-0.15, -0.1) is 0 Å². The fourth-order valence-electron chi connectivity index (χ4n) is 3.02. The van der Waals surface area contributed by atoms with E-state index in [9.17, 15) is 0 Å². The van der Waals surface area contributed by atoms with E-state index >= 15 is 0 Å². The lowest BCUT2D eigenvalue weighted by atomic mass is 10.3. The van der Waals surface area contributed by atoms with Crippen LogP contribution in [-0.2, 0) is 0 Å². The summed E-state index contributed by atoms with van der Waals surface area (Å²) in [5, 5.41) is 0. The van der Waals surface area contributed by atoms with Crippen molar-refractivity contribution in [1.82, 2.24) is 19.3 Å². The highest BCUT2D eigenvalue weighted by Gasteiger charge is 2.20. The fraction of sp³-hybridized carbons (Fsp3) is 0.375. The van der Waals surface area contributed by atoms with Gasteiger partial charge in [-0.25, -0.2) is 9.97 Å². The molecule has 1 fully saturated rings. The van der Waals surface area contributed by atoms with Crippen molar-refractivity contribution in [3.05, 3.63) is 34.6 Å². The fourth-order valence-corrected chi connectivity index (χ4v) is 3.37. The van der Waals surface area contributed by atoms with E-state index in [1.54, 1.807) is 0 Å². The highest BCUT2D eigenvalue weighted by atomic mass is 79.9. The molecule has 0 radical (unpaired) electrons. The summed E-state index contributed by atoms with van der Waals surface area (Å²) in [6.07, 6.45) is 2.09. The molecule has 2 aromatic heterocycles. The lowest BCUT2D eigenvalue weighted by molar-refractivity contribution is 0.312. The number of aryl methyl sites for hydroxylation is 1. The van der Waals surface area contributed by atoms with Crippen LogP contribution < -0.4 is 4.90 Å². The Bertz CT molecular complexity index is 848. The number of imidazole rings is 1. The van der Waals surface area contributed by atoms with Gasteiger partial charge in [0.1, 0.15) is 0 Å². The molecule has 5 nitrogen and oxygen atoms in total. The minimum absolute atomic E-state index is 0.955. The van der Waals surface area contributed by atoms with Crippen molar-refractivity contribution in [2.75, 3.05) is 38.1 Å². The summed E-state index contributed by atoms with van der Waals surface area (Å²) in [4.78, 5) is 14.3. The second-order valence-corrected chi connectivity index (χ2v) is 6.85. The van der Waals surface area contributed by atoms with Crippen molar-refractivity contribution in [2.24, 2.45) is 0 Å². The average molecular weight is 360 g/mol. The van der Waals surface area contributed by atoms with E-state index in [0.29, 0.717) is 0 Å². The minimum Gasteiger partial charge on any atom is -0.351 e. The molecule has 1 saturated heterocycles. The molecule has 0 saturated carbocycles. The molecule has 0 N–H and O–H groups in total. The van der Waals surface area contributed by atoms with Gasteiger partial charge >= 0.3 is 0 Å². The van der Waals surface area contributed by atoms with E-state index in [4.69, 9.17) is 9.97 Å². The monoisotopic (exact) mass is 359 g/mol. The zero-order chi connectivity index (χ0) is 15.3. The van der Waals surface area contributed by atoms with Crippen LogP contribution in [0.2, 0.25) is 0 Å². The van der Waals surface area contributed by atoms with E-state index in [-0.39, 0.29) is 0 Å². The number of benzene rings is 1. The number of hydrogen-bond acceptors (Lipinski definition) is 4. The maximum atomic E-state index is 4.92. The molecule has 0 bridgehead atoms. The second kappa shape index (κ2) is 5.21. The summed E-state index contributed by atoms with van der Waals surface area (Å²) in [5.41, 5.74) is 4.06. The average Bonchev–Trinajstić information content (AvgIpc) is 2.88. The van der Waals surface area contributed by atoms with Crippen LogP contribution in [-0.4, -0.2) is 52.5 Å². The number of fused-ring (bicyclic) bond motifs is 3. The molecule has 3 aromatic rings. The highest BCUT2D eigenvalue weighted by Crippen LogP contribution is 2.27. The van der Waals surface area contributed by atoms with Crippen LogP contribution in [0.25, 0.3) is 16.7 Å². The molecule has 6 heteroatoms. The van der Waals surface area contributed by atoms with E-state index in [1.807, 2.05) is 13.0 Å². The van der Waals surface area contributed by atoms with Gasteiger partial charge in [-0.05, 0) is 32.2 Å². The summed E-state index contributed by atoms with van der Waals surface area (Å²) in [6.45, 7) is 6.13. The first-order valence-corrected chi connectivity index (χ1v) is 8.29. The van der Waals surface area contributed by atoms with Crippen LogP contribution in [0.3, 0.4) is 0 Å². The van der Waals surface area contributed by atoms with Crippen molar-refractivity contribution in [2.45, 2.75) is 6.92 Å². The smallest absolute Gasteiger partial charge is 0.181 e. The second-order valence-electron chi connectivity index (χ2n) is 5.93. The maximum absolute atomic E-state index is 4.92. The SMILES string of the molecule is Cc1cn2c(n1)c(N1CCN(C)CC1)nc1cc(Br)ccc12. The molecule has 4 rings (SSSR count). The summed E-state index contributed by atoms with van der Waals surface area (Å²) >= 11 is 3.54. The number of aromatic nitrogens is 3. The maximum Gasteiger partial charge on any atom is 0.181 e. The molecule has 114 valence electrons. The minimum atomic E-state index is 0.955. The quantitative estimate of drug-likeness (QED) is 0.669. The Morgan fingerprint density at radius 1 is 1.09 bits per heavy atom. The first-order chi connectivity index (χ1) is 10.6. The zero-order valence-electron chi connectivity index (χ0n) is 12.8. The Hall–Kier alpha value is -1.66. The molecule has 0 unspecified atom stereocenters. The summed E-state index contributed by atoms with van der Waals surface area (Å²) < 4.78 is 3.21. The van der Waals surface area contributed by atoms with E-state index < -0.39 is 0 Å². The number of halogens is 1. The Kier molecular flexibility index (Phi) is 3.31. The molecule has 1 aliphatic heterocycles. The third-order valence-corrected chi connectivity index (χ3v) is 4.75. The first kappa shape index (κ1) is 14.0. The number of likely N-dealkylation sites (N-methyl/N-ethyl adjacent to an activating group) is 1. The van der Waals surface area contributed by atoms with Crippen LogP contribution >= 0.6 is 15.9 Å². The Balaban J connectivity index is 1.95. The van der Waals surface area contributed by atoms with Crippen LogP contribution in [0, 0.1) is 6.92 Å². The molecule has 0 spiro atoms. The molecule has 0 aliphatic carbocycles. The van der Waals surface area contributed by atoms with Gasteiger partial charge in [-0.3, -0.25) is 4.40 Å². The molecule has 1 aliphatic rings. The standard InChI is InChI=1S/C16H18BrN5/c1-11-10-22-14-4-3-12(17)9-13(14)19-15(16(22)18-11)21-7-5-20(2)6-8-21/h3-4,9-10H,5-8H2,1-2H3. The van der Waals surface area contributed by atoms with Gasteiger partial charge in [0.05, 0.1) is 16.7 Å². The van der Waals surface area contributed by atoms with Crippen LogP contribution in [0.1, 0.15) is 5.69 Å². The number of nitrogens with zero attached hydrogens (tertiary/aromatic N) is 5. The van der Waals surface area contributed by atoms with Crippen molar-refractivity contribution in [3.63, 3.8) is 0 Å². The van der Waals surface area contributed by atoms with Crippen LogP contribution in [0.4, 0.5) is 5.82 Å². The first-order valence-electron chi connectivity index (χ1n) is 7.50. The normalized spacial score (nSPS) is 16.8. The third kappa shape index (κ3) is 2.27. The zero-order valence-corrected chi connectivity index (χ0v) is 14.3. The van der Waals surface area contributed by atoms with E-state index in [0.717, 1.165) is 58.8 Å². The van der Waals surface area contributed by atoms with Crippen molar-refractivity contribution < 1.29 is 0 Å². The van der Waals surface area contributed by atoms with Crippen molar-refractivity contribution in [1.29, 1.82) is 0 Å². The van der Waals surface area contributed by atoms with E-state index in [2.05, 4.69) is 55.5 Å². The van der Waals surface area contributed by atoms with E-state index in [1.165, 1.54) is 0 Å². The molecular formula is C16H18BrN5. The molecule has 3 heterocycles. The lowest BCUT2D eigenvalue weighted by Gasteiger charge is -2.33. The molecular weight excluding hydrogens is 342 g/mol. The number of piperazine rings is 1. The van der Waals surface area contributed by atoms with Gasteiger partial charge in [0.15, 0.2) is 11.5 Å². The van der Waals surface area contributed by atoms with Gasteiger partial charge < -0.3 is 9.80 Å². The number of hydrogen-bond donors (Lipinski definition) is 0. The van der Waals surface area contributed by atoms with Gasteiger partial charge in [-0.1, -0.05) is 15.9 Å². The predicted molar refractivity (Wildman–Crippen MR) is 92.6 cm³/mol. The highest BCUT2D eigenvalue weighted by molar-refractivity contribution is 9.10.